The number of aryl methyl sites for hydroxylation is 2. The van der Waals surface area contributed by atoms with Gasteiger partial charge in [0.25, 0.3) is 0 Å². The molecule has 0 saturated carbocycles. The molecule has 0 unspecified atom stereocenters. The first-order valence-electron chi connectivity index (χ1n) is 4.28. The molecule has 3 heteroatoms. The zero-order valence-corrected chi connectivity index (χ0v) is 10.6. The molecule has 0 heterocycles. The molecule has 74 valence electrons. The van der Waals surface area contributed by atoms with Crippen molar-refractivity contribution in [3.05, 3.63) is 41.5 Å². The van der Waals surface area contributed by atoms with Crippen molar-refractivity contribution in [2.45, 2.75) is 13.8 Å². The van der Waals surface area contributed by atoms with Gasteiger partial charge < -0.3 is 0 Å². The predicted octanol–water partition coefficient (Wildman–Crippen LogP) is 4.01. The SMILES string of the molecule is Cc1ccc(C)c2[cH-]ccc12.[F][Zr][F]. The van der Waals surface area contributed by atoms with Gasteiger partial charge in [0.15, 0.2) is 0 Å². The second-order valence-electron chi connectivity index (χ2n) is 3.12. The van der Waals surface area contributed by atoms with Crippen LogP contribution in [0, 0.1) is 13.8 Å². The number of fused-ring (bicyclic) bond motifs is 1. The van der Waals surface area contributed by atoms with Crippen molar-refractivity contribution < 1.29 is 29.7 Å². The van der Waals surface area contributed by atoms with E-state index in [1.807, 2.05) is 0 Å². The summed E-state index contributed by atoms with van der Waals surface area (Å²) in [6.07, 6.45) is 0. The predicted molar refractivity (Wildman–Crippen MR) is 51.2 cm³/mol. The first-order valence-corrected chi connectivity index (χ1v) is 6.14. The molecule has 0 aliphatic heterocycles. The van der Waals surface area contributed by atoms with Crippen LogP contribution in [-0.4, -0.2) is 0 Å². The Balaban J connectivity index is 0.000000293. The van der Waals surface area contributed by atoms with Crippen LogP contribution in [-0.2, 0) is 24.5 Å². The summed E-state index contributed by atoms with van der Waals surface area (Å²) in [4.78, 5) is 0. The fourth-order valence-electron chi connectivity index (χ4n) is 1.54. The Morgan fingerprint density at radius 1 is 1.07 bits per heavy atom. The molecule has 0 amide bonds. The van der Waals surface area contributed by atoms with Crippen LogP contribution >= 0.6 is 0 Å². The number of hydrogen-bond acceptors (Lipinski definition) is 0. The number of halogens is 2. The van der Waals surface area contributed by atoms with Crippen LogP contribution in [0.5, 0.6) is 0 Å². The molecule has 0 saturated heterocycles. The second-order valence-corrected chi connectivity index (χ2v) is 3.48. The molecule has 0 fully saturated rings. The van der Waals surface area contributed by atoms with Crippen LogP contribution in [0.3, 0.4) is 0 Å². The molecule has 0 bridgehead atoms. The van der Waals surface area contributed by atoms with Gasteiger partial charge in [-0.15, -0.1) is 28.5 Å². The molecule has 0 aromatic heterocycles. The Bertz CT molecular complexity index is 371. The van der Waals surface area contributed by atoms with Crippen molar-refractivity contribution in [3.63, 3.8) is 0 Å². The third-order valence-electron chi connectivity index (χ3n) is 2.25. The molecule has 2 aromatic rings. The minimum absolute atomic E-state index is 1.37. The molecule has 0 spiro atoms. The maximum absolute atomic E-state index is 9.80. The number of benzene rings is 1. The summed E-state index contributed by atoms with van der Waals surface area (Å²) in [5.41, 5.74) is 2.74. The van der Waals surface area contributed by atoms with Crippen molar-refractivity contribution in [1.82, 2.24) is 0 Å². The second kappa shape index (κ2) is 5.45. The molecule has 14 heavy (non-hydrogen) atoms. The fourth-order valence-corrected chi connectivity index (χ4v) is 1.54. The van der Waals surface area contributed by atoms with Crippen LogP contribution in [0.25, 0.3) is 10.8 Å². The van der Waals surface area contributed by atoms with Gasteiger partial charge in [-0.3, -0.25) is 0 Å². The van der Waals surface area contributed by atoms with E-state index in [1.165, 1.54) is 21.9 Å². The maximum atomic E-state index is 9.80. The third kappa shape index (κ3) is 2.54. The number of hydrogen-bond donors (Lipinski definition) is 0. The zero-order valence-electron chi connectivity index (χ0n) is 8.14. The fraction of sp³-hybridized carbons (Fsp3) is 0.182. The van der Waals surface area contributed by atoms with E-state index < -0.39 is 24.5 Å². The van der Waals surface area contributed by atoms with E-state index >= 15 is 0 Å². The summed E-state index contributed by atoms with van der Waals surface area (Å²) in [5.74, 6) is 0. The van der Waals surface area contributed by atoms with Gasteiger partial charge in [0.2, 0.25) is 0 Å². The van der Waals surface area contributed by atoms with Gasteiger partial charge >= 0.3 is 29.7 Å². The van der Waals surface area contributed by atoms with Crippen molar-refractivity contribution >= 4 is 10.8 Å². The van der Waals surface area contributed by atoms with Crippen molar-refractivity contribution in [3.8, 4) is 0 Å². The summed E-state index contributed by atoms with van der Waals surface area (Å²) in [6.45, 7) is 4.31. The average molecular weight is 272 g/mol. The topological polar surface area (TPSA) is 0 Å². The molecule has 2 rings (SSSR count). The van der Waals surface area contributed by atoms with Gasteiger partial charge in [0.1, 0.15) is 0 Å². The van der Waals surface area contributed by atoms with Crippen LogP contribution in [0.1, 0.15) is 11.1 Å². The van der Waals surface area contributed by atoms with Gasteiger partial charge in [-0.05, 0) is 6.92 Å². The number of rotatable bonds is 0. The van der Waals surface area contributed by atoms with Crippen LogP contribution in [0.2, 0.25) is 0 Å². The summed E-state index contributed by atoms with van der Waals surface area (Å²) in [5, 5.41) is 2.79. The van der Waals surface area contributed by atoms with Crippen LogP contribution < -0.4 is 0 Å². The average Bonchev–Trinajstić information content (AvgIpc) is 2.62. The van der Waals surface area contributed by atoms with E-state index in [1.54, 1.807) is 0 Å². The third-order valence-corrected chi connectivity index (χ3v) is 2.25. The molecule has 0 nitrogen and oxygen atoms in total. The molecule has 0 radical (unpaired) electrons. The van der Waals surface area contributed by atoms with Crippen molar-refractivity contribution in [1.29, 1.82) is 0 Å². The van der Waals surface area contributed by atoms with Gasteiger partial charge in [0.05, 0.1) is 0 Å². The molecular weight excluding hydrogens is 261 g/mol. The molecule has 0 atom stereocenters. The van der Waals surface area contributed by atoms with Crippen molar-refractivity contribution in [2.24, 2.45) is 0 Å². The summed E-state index contributed by atoms with van der Waals surface area (Å²) in [6, 6.07) is 10.8. The standard InChI is InChI=1S/C11H11.2FH.Zr/c1-8-6-7-9(2)11-5-3-4-10(8)11;;;/h3-7H,1-2H3;2*1H;/q-1;;;+2/p-2. The van der Waals surface area contributed by atoms with Gasteiger partial charge in [0, 0.05) is 0 Å². The monoisotopic (exact) mass is 271 g/mol. The quantitative estimate of drug-likeness (QED) is 0.636. The van der Waals surface area contributed by atoms with Crippen molar-refractivity contribution in [2.75, 3.05) is 0 Å². The Labute approximate surface area is 95.6 Å². The zero-order chi connectivity index (χ0) is 10.6. The molecule has 0 aliphatic carbocycles. The Hall–Kier alpha value is -0.427. The van der Waals surface area contributed by atoms with Crippen LogP contribution in [0.15, 0.2) is 30.3 Å². The van der Waals surface area contributed by atoms with Crippen LogP contribution in [0.4, 0.5) is 5.25 Å². The van der Waals surface area contributed by atoms with E-state index in [0.29, 0.717) is 0 Å². The van der Waals surface area contributed by atoms with E-state index in [2.05, 4.69) is 44.2 Å². The molecule has 0 N–H and O–H groups in total. The first kappa shape index (κ1) is 11.6. The van der Waals surface area contributed by atoms with E-state index in [4.69, 9.17) is 0 Å². The molecule has 2 aromatic carbocycles. The summed E-state index contributed by atoms with van der Waals surface area (Å²) in [7, 11) is 0. The first-order chi connectivity index (χ1) is 6.70. The van der Waals surface area contributed by atoms with Gasteiger partial charge in [-0.2, -0.15) is 12.1 Å². The van der Waals surface area contributed by atoms with E-state index in [-0.39, 0.29) is 0 Å². The van der Waals surface area contributed by atoms with Gasteiger partial charge in [-0.25, -0.2) is 0 Å². The molecule has 0 aliphatic rings. The van der Waals surface area contributed by atoms with E-state index in [9.17, 15) is 5.25 Å². The Morgan fingerprint density at radius 2 is 1.64 bits per heavy atom. The summed E-state index contributed by atoms with van der Waals surface area (Å²) >= 11 is -2.77. The Kier molecular flexibility index (Phi) is 4.54. The normalized spacial score (nSPS) is 9.43. The molecular formula is C11H11F2Zr-. The Morgan fingerprint density at radius 3 is 2.21 bits per heavy atom. The summed E-state index contributed by atoms with van der Waals surface area (Å²) < 4.78 is 19.6. The van der Waals surface area contributed by atoms with Gasteiger partial charge in [-0.1, -0.05) is 18.6 Å². The minimum atomic E-state index is -2.77. The van der Waals surface area contributed by atoms with E-state index in [0.717, 1.165) is 0 Å².